The molecule has 27 heavy (non-hydrogen) atoms. The maximum atomic E-state index is 5.21. The van der Waals surface area contributed by atoms with Crippen LogP contribution in [0.1, 0.15) is 23.9 Å². The number of aryl methyl sites for hydroxylation is 2. The summed E-state index contributed by atoms with van der Waals surface area (Å²) in [5.41, 5.74) is 3.53. The van der Waals surface area contributed by atoms with Gasteiger partial charge in [0.1, 0.15) is 23.2 Å². The molecule has 0 unspecified atom stereocenters. The first-order chi connectivity index (χ1) is 13.1. The van der Waals surface area contributed by atoms with Gasteiger partial charge < -0.3 is 15.0 Å². The smallest absolute Gasteiger partial charge is 0.138 e. The van der Waals surface area contributed by atoms with Crippen LogP contribution in [-0.2, 0) is 6.54 Å². The van der Waals surface area contributed by atoms with Gasteiger partial charge in [-0.05, 0) is 56.2 Å². The van der Waals surface area contributed by atoms with Crippen LogP contribution in [0, 0.1) is 13.8 Å². The van der Waals surface area contributed by atoms with E-state index in [1.165, 1.54) is 11.1 Å². The molecule has 0 saturated heterocycles. The Morgan fingerprint density at radius 2 is 1.78 bits per heavy atom. The van der Waals surface area contributed by atoms with Crippen LogP contribution in [0.4, 0.5) is 17.3 Å². The van der Waals surface area contributed by atoms with Gasteiger partial charge in [0.05, 0.1) is 7.11 Å². The molecule has 1 heterocycles. The minimum atomic E-state index is 0.691. The summed E-state index contributed by atoms with van der Waals surface area (Å²) in [4.78, 5) is 11.4. The third-order valence-corrected chi connectivity index (χ3v) is 4.36. The van der Waals surface area contributed by atoms with Gasteiger partial charge >= 0.3 is 0 Å². The summed E-state index contributed by atoms with van der Waals surface area (Å²) < 4.78 is 5.21. The second-order valence-corrected chi connectivity index (χ2v) is 6.44. The highest BCUT2D eigenvalue weighted by atomic mass is 16.5. The Morgan fingerprint density at radius 1 is 1.00 bits per heavy atom. The van der Waals surface area contributed by atoms with Crippen LogP contribution in [-0.4, -0.2) is 23.6 Å². The molecule has 3 aromatic rings. The lowest BCUT2D eigenvalue weighted by molar-refractivity contribution is 0.414. The SMILES string of the molecule is CCN(c1cccc(C)c1)c1cc(NCc2ccc(OC)cc2)nc(C)n1. The molecule has 140 valence electrons. The van der Waals surface area contributed by atoms with Crippen LogP contribution in [0.25, 0.3) is 0 Å². The van der Waals surface area contributed by atoms with Crippen LogP contribution in [0.15, 0.2) is 54.6 Å². The van der Waals surface area contributed by atoms with Gasteiger partial charge in [-0.25, -0.2) is 9.97 Å². The van der Waals surface area contributed by atoms with Gasteiger partial charge in [-0.2, -0.15) is 0 Å². The van der Waals surface area contributed by atoms with Crippen LogP contribution >= 0.6 is 0 Å². The Bertz CT molecular complexity index is 893. The van der Waals surface area contributed by atoms with Gasteiger partial charge in [-0.3, -0.25) is 0 Å². The number of nitrogens with one attached hydrogen (secondary N) is 1. The Balaban J connectivity index is 1.80. The first-order valence-corrected chi connectivity index (χ1v) is 9.15. The normalized spacial score (nSPS) is 10.5. The zero-order valence-electron chi connectivity index (χ0n) is 16.4. The predicted molar refractivity (Wildman–Crippen MR) is 111 cm³/mol. The number of nitrogens with zero attached hydrogens (tertiary/aromatic N) is 3. The number of benzene rings is 2. The molecule has 1 N–H and O–H groups in total. The Hall–Kier alpha value is -3.08. The van der Waals surface area contributed by atoms with Gasteiger partial charge in [-0.1, -0.05) is 24.3 Å². The molecule has 0 fully saturated rings. The van der Waals surface area contributed by atoms with Crippen molar-refractivity contribution in [3.05, 3.63) is 71.5 Å². The standard InChI is InChI=1S/C22H26N4O/c1-5-26(19-8-6-7-16(2)13-19)22-14-21(24-17(3)25-22)23-15-18-9-11-20(27-4)12-10-18/h6-14H,5,15H2,1-4H3,(H,23,24,25). The molecule has 5 heteroatoms. The average Bonchev–Trinajstić information content (AvgIpc) is 2.67. The van der Waals surface area contributed by atoms with E-state index in [1.54, 1.807) is 7.11 Å². The van der Waals surface area contributed by atoms with E-state index in [4.69, 9.17) is 4.74 Å². The highest BCUT2D eigenvalue weighted by molar-refractivity contribution is 5.63. The van der Waals surface area contributed by atoms with Crippen LogP contribution in [0.3, 0.4) is 0 Å². The minimum absolute atomic E-state index is 0.691. The molecule has 0 saturated carbocycles. The topological polar surface area (TPSA) is 50.3 Å². The van der Waals surface area contributed by atoms with Gasteiger partial charge in [0.15, 0.2) is 0 Å². The lowest BCUT2D eigenvalue weighted by atomic mass is 10.2. The summed E-state index contributed by atoms with van der Waals surface area (Å²) in [5.74, 6) is 3.32. The van der Waals surface area contributed by atoms with E-state index in [2.05, 4.69) is 58.3 Å². The Kier molecular flexibility index (Phi) is 5.91. The van der Waals surface area contributed by atoms with Gasteiger partial charge in [0, 0.05) is 24.8 Å². The first-order valence-electron chi connectivity index (χ1n) is 9.15. The number of aromatic nitrogens is 2. The summed E-state index contributed by atoms with van der Waals surface area (Å²) in [6.45, 7) is 7.68. The number of methoxy groups -OCH3 is 1. The van der Waals surface area contributed by atoms with Crippen LogP contribution < -0.4 is 15.0 Å². The van der Waals surface area contributed by atoms with Gasteiger partial charge in [0.2, 0.25) is 0 Å². The van der Waals surface area contributed by atoms with E-state index >= 15 is 0 Å². The minimum Gasteiger partial charge on any atom is -0.497 e. The fourth-order valence-corrected chi connectivity index (χ4v) is 2.99. The van der Waals surface area contributed by atoms with Crippen molar-refractivity contribution in [3.8, 4) is 5.75 Å². The largest absolute Gasteiger partial charge is 0.497 e. The maximum Gasteiger partial charge on any atom is 0.138 e. The fourth-order valence-electron chi connectivity index (χ4n) is 2.99. The fraction of sp³-hybridized carbons (Fsp3) is 0.273. The molecule has 0 aliphatic carbocycles. The van der Waals surface area contributed by atoms with Crippen molar-refractivity contribution in [2.75, 3.05) is 23.9 Å². The maximum absolute atomic E-state index is 5.21. The van der Waals surface area contributed by atoms with Crippen molar-refractivity contribution >= 4 is 17.3 Å². The van der Waals surface area contributed by atoms with E-state index in [-0.39, 0.29) is 0 Å². The second-order valence-electron chi connectivity index (χ2n) is 6.44. The molecule has 0 aliphatic rings. The molecular weight excluding hydrogens is 336 g/mol. The number of hydrogen-bond acceptors (Lipinski definition) is 5. The molecule has 0 spiro atoms. The van der Waals surface area contributed by atoms with Crippen LogP contribution in [0.2, 0.25) is 0 Å². The molecule has 5 nitrogen and oxygen atoms in total. The number of rotatable bonds is 7. The van der Waals surface area contributed by atoms with E-state index in [1.807, 2.05) is 37.3 Å². The lowest BCUT2D eigenvalue weighted by Gasteiger charge is -2.23. The Morgan fingerprint density at radius 3 is 2.44 bits per heavy atom. The van der Waals surface area contributed by atoms with Crippen molar-refractivity contribution < 1.29 is 4.74 Å². The van der Waals surface area contributed by atoms with E-state index < -0.39 is 0 Å². The molecule has 0 aliphatic heterocycles. The van der Waals surface area contributed by atoms with E-state index in [0.717, 1.165) is 35.4 Å². The van der Waals surface area contributed by atoms with Gasteiger partial charge in [0.25, 0.3) is 0 Å². The predicted octanol–water partition coefficient (Wildman–Crippen LogP) is 4.87. The Labute approximate surface area is 161 Å². The summed E-state index contributed by atoms with van der Waals surface area (Å²) in [6.07, 6.45) is 0. The van der Waals surface area contributed by atoms with Gasteiger partial charge in [-0.15, -0.1) is 0 Å². The highest BCUT2D eigenvalue weighted by Crippen LogP contribution is 2.26. The highest BCUT2D eigenvalue weighted by Gasteiger charge is 2.11. The second kappa shape index (κ2) is 8.54. The lowest BCUT2D eigenvalue weighted by Crippen LogP contribution is -2.18. The molecule has 3 rings (SSSR count). The molecule has 0 radical (unpaired) electrons. The third-order valence-electron chi connectivity index (χ3n) is 4.36. The van der Waals surface area contributed by atoms with Crippen molar-refractivity contribution in [3.63, 3.8) is 0 Å². The number of hydrogen-bond donors (Lipinski definition) is 1. The molecule has 0 bridgehead atoms. The average molecular weight is 362 g/mol. The van der Waals surface area contributed by atoms with Crippen molar-refractivity contribution in [1.82, 2.24) is 9.97 Å². The van der Waals surface area contributed by atoms with E-state index in [9.17, 15) is 0 Å². The van der Waals surface area contributed by atoms with E-state index in [0.29, 0.717) is 6.54 Å². The number of anilines is 3. The molecule has 1 aromatic heterocycles. The zero-order chi connectivity index (χ0) is 19.2. The summed E-state index contributed by atoms with van der Waals surface area (Å²) >= 11 is 0. The third kappa shape index (κ3) is 4.76. The molecular formula is C22H26N4O. The van der Waals surface area contributed by atoms with Crippen molar-refractivity contribution in [2.45, 2.75) is 27.3 Å². The zero-order valence-corrected chi connectivity index (χ0v) is 16.4. The number of ether oxygens (including phenoxy) is 1. The summed E-state index contributed by atoms with van der Waals surface area (Å²) in [6, 6.07) is 18.5. The molecule has 2 aromatic carbocycles. The molecule has 0 atom stereocenters. The van der Waals surface area contributed by atoms with Crippen molar-refractivity contribution in [2.24, 2.45) is 0 Å². The van der Waals surface area contributed by atoms with Crippen molar-refractivity contribution in [1.29, 1.82) is 0 Å². The summed E-state index contributed by atoms with van der Waals surface area (Å²) in [7, 11) is 1.67. The quantitative estimate of drug-likeness (QED) is 0.650. The first kappa shape index (κ1) is 18.7. The monoisotopic (exact) mass is 362 g/mol. The van der Waals surface area contributed by atoms with Crippen LogP contribution in [0.5, 0.6) is 5.75 Å². The summed E-state index contributed by atoms with van der Waals surface area (Å²) in [5, 5.41) is 3.40. The molecule has 0 amide bonds.